The number of halogens is 1. The van der Waals surface area contributed by atoms with Crippen LogP contribution < -0.4 is 4.74 Å². The maximum Gasteiger partial charge on any atom is 0.265 e. The van der Waals surface area contributed by atoms with Gasteiger partial charge in [0, 0.05) is 37.9 Å². The van der Waals surface area contributed by atoms with E-state index in [0.29, 0.717) is 28.0 Å². The number of nitrogens with zero attached hydrogens (tertiary/aromatic N) is 2. The molecule has 0 bridgehead atoms. The predicted octanol–water partition coefficient (Wildman–Crippen LogP) is 3.68. The van der Waals surface area contributed by atoms with Gasteiger partial charge in [0.25, 0.3) is 5.91 Å². The quantitative estimate of drug-likeness (QED) is 0.776. The standard InChI is InChI=1S/C17H17ClN2O3S/c1-11(21)16-19-10-15(24-16)17(22)20-8-6-14(7-9-20)23-13-4-2-12(18)3-5-13/h2-5,10,14H,6-9H2,1H3. The maximum atomic E-state index is 12.5. The van der Waals surface area contributed by atoms with Crippen LogP contribution >= 0.6 is 22.9 Å². The molecule has 1 aromatic heterocycles. The number of benzene rings is 1. The zero-order valence-electron chi connectivity index (χ0n) is 13.2. The molecule has 2 aromatic rings. The van der Waals surface area contributed by atoms with Gasteiger partial charge in [-0.15, -0.1) is 11.3 Å². The van der Waals surface area contributed by atoms with E-state index in [1.807, 2.05) is 12.1 Å². The van der Waals surface area contributed by atoms with Gasteiger partial charge in [0.05, 0.1) is 6.20 Å². The normalized spacial score (nSPS) is 15.3. The lowest BCUT2D eigenvalue weighted by atomic mass is 10.1. The van der Waals surface area contributed by atoms with Crippen LogP contribution in [0.4, 0.5) is 0 Å². The summed E-state index contributed by atoms with van der Waals surface area (Å²) in [5.74, 6) is 0.608. The molecular weight excluding hydrogens is 348 g/mol. The van der Waals surface area contributed by atoms with E-state index in [4.69, 9.17) is 16.3 Å². The van der Waals surface area contributed by atoms with E-state index < -0.39 is 0 Å². The second kappa shape index (κ2) is 7.32. The number of rotatable bonds is 4. The lowest BCUT2D eigenvalue weighted by molar-refractivity contribution is 0.0599. The molecular formula is C17H17ClN2O3S. The summed E-state index contributed by atoms with van der Waals surface area (Å²) in [5.41, 5.74) is 0. The number of Topliss-reactive ketones (excluding diaryl/α,β-unsaturated/α-hetero) is 1. The van der Waals surface area contributed by atoms with Gasteiger partial charge >= 0.3 is 0 Å². The largest absolute Gasteiger partial charge is 0.490 e. The second-order valence-electron chi connectivity index (χ2n) is 5.65. The van der Waals surface area contributed by atoms with Crippen molar-refractivity contribution >= 4 is 34.6 Å². The first-order chi connectivity index (χ1) is 11.5. The fraction of sp³-hybridized carbons (Fsp3) is 0.353. The first-order valence-corrected chi connectivity index (χ1v) is 8.90. The molecule has 0 unspecified atom stereocenters. The van der Waals surface area contributed by atoms with Crippen molar-refractivity contribution < 1.29 is 14.3 Å². The number of ketones is 1. The van der Waals surface area contributed by atoms with E-state index in [1.54, 1.807) is 17.0 Å². The topological polar surface area (TPSA) is 59.5 Å². The first kappa shape index (κ1) is 16.9. The summed E-state index contributed by atoms with van der Waals surface area (Å²) >= 11 is 7.01. The van der Waals surface area contributed by atoms with Crippen molar-refractivity contribution in [2.75, 3.05) is 13.1 Å². The van der Waals surface area contributed by atoms with Gasteiger partial charge in [-0.05, 0) is 24.3 Å². The van der Waals surface area contributed by atoms with E-state index >= 15 is 0 Å². The summed E-state index contributed by atoms with van der Waals surface area (Å²) in [6.07, 6.45) is 3.11. The summed E-state index contributed by atoms with van der Waals surface area (Å²) in [6.45, 7) is 2.71. The molecule has 0 N–H and O–H groups in total. The van der Waals surface area contributed by atoms with Gasteiger partial charge in [-0.3, -0.25) is 9.59 Å². The van der Waals surface area contributed by atoms with E-state index in [9.17, 15) is 9.59 Å². The molecule has 2 heterocycles. The summed E-state index contributed by atoms with van der Waals surface area (Å²) in [4.78, 5) is 30.1. The van der Waals surface area contributed by atoms with Crippen molar-refractivity contribution in [2.24, 2.45) is 0 Å². The van der Waals surface area contributed by atoms with Crippen molar-refractivity contribution in [3.05, 3.63) is 45.4 Å². The molecule has 5 nitrogen and oxygen atoms in total. The number of aromatic nitrogens is 1. The van der Waals surface area contributed by atoms with Crippen LogP contribution in [0, 0.1) is 0 Å². The zero-order chi connectivity index (χ0) is 17.1. The number of piperidine rings is 1. The van der Waals surface area contributed by atoms with Gasteiger partial charge in [0.15, 0.2) is 10.8 Å². The Kier molecular flexibility index (Phi) is 5.16. The van der Waals surface area contributed by atoms with Crippen molar-refractivity contribution in [1.82, 2.24) is 9.88 Å². The van der Waals surface area contributed by atoms with Gasteiger partial charge < -0.3 is 9.64 Å². The molecule has 0 radical (unpaired) electrons. The summed E-state index contributed by atoms with van der Waals surface area (Å²) in [7, 11) is 0. The Bertz CT molecular complexity index is 737. The summed E-state index contributed by atoms with van der Waals surface area (Å²) in [5, 5.41) is 1.05. The Balaban J connectivity index is 1.55. The molecule has 1 amide bonds. The minimum atomic E-state index is -0.117. The third-order valence-electron chi connectivity index (χ3n) is 3.86. The third-order valence-corrected chi connectivity index (χ3v) is 5.20. The molecule has 1 aliphatic rings. The van der Waals surface area contributed by atoms with Crippen LogP contribution in [0.1, 0.15) is 39.2 Å². The Hall–Kier alpha value is -1.92. The number of amides is 1. The van der Waals surface area contributed by atoms with E-state index in [2.05, 4.69) is 4.98 Å². The highest BCUT2D eigenvalue weighted by Crippen LogP contribution is 2.23. The second-order valence-corrected chi connectivity index (χ2v) is 7.12. The molecule has 24 heavy (non-hydrogen) atoms. The molecule has 0 spiro atoms. The lowest BCUT2D eigenvalue weighted by Crippen LogP contribution is -2.41. The average molecular weight is 365 g/mol. The predicted molar refractivity (Wildman–Crippen MR) is 93.1 cm³/mol. The molecule has 1 fully saturated rings. The molecule has 1 aliphatic heterocycles. The van der Waals surface area contributed by atoms with Gasteiger partial charge in [-0.1, -0.05) is 11.6 Å². The average Bonchev–Trinajstić information content (AvgIpc) is 3.07. The molecule has 7 heteroatoms. The van der Waals surface area contributed by atoms with E-state index in [1.165, 1.54) is 13.1 Å². The van der Waals surface area contributed by atoms with E-state index in [0.717, 1.165) is 29.9 Å². The van der Waals surface area contributed by atoms with Crippen molar-refractivity contribution in [2.45, 2.75) is 25.9 Å². The van der Waals surface area contributed by atoms with Crippen molar-refractivity contribution in [1.29, 1.82) is 0 Å². The monoisotopic (exact) mass is 364 g/mol. The van der Waals surface area contributed by atoms with Gasteiger partial charge in [-0.2, -0.15) is 0 Å². The Morgan fingerprint density at radius 3 is 2.50 bits per heavy atom. The van der Waals surface area contributed by atoms with Crippen LogP contribution in [0.3, 0.4) is 0 Å². The smallest absolute Gasteiger partial charge is 0.265 e. The Morgan fingerprint density at radius 1 is 1.25 bits per heavy atom. The van der Waals surface area contributed by atoms with Crippen molar-refractivity contribution in [3.63, 3.8) is 0 Å². The molecule has 126 valence electrons. The Labute approximate surface area is 149 Å². The highest BCUT2D eigenvalue weighted by molar-refractivity contribution is 7.15. The fourth-order valence-corrected chi connectivity index (χ4v) is 3.48. The SMILES string of the molecule is CC(=O)c1ncc(C(=O)N2CCC(Oc3ccc(Cl)cc3)CC2)s1. The summed E-state index contributed by atoms with van der Waals surface area (Å²) in [6, 6.07) is 7.29. The molecule has 1 saturated heterocycles. The molecule has 3 rings (SSSR count). The third kappa shape index (κ3) is 3.94. The number of hydrogen-bond acceptors (Lipinski definition) is 5. The number of ether oxygens (including phenoxy) is 1. The van der Waals surface area contributed by atoms with Crippen LogP contribution in [-0.2, 0) is 0 Å². The number of carbonyl (C=O) groups excluding carboxylic acids is 2. The van der Waals surface area contributed by atoms with E-state index in [-0.39, 0.29) is 17.8 Å². The highest BCUT2D eigenvalue weighted by atomic mass is 35.5. The zero-order valence-corrected chi connectivity index (χ0v) is 14.8. The van der Waals surface area contributed by atoms with Crippen LogP contribution in [0.5, 0.6) is 5.75 Å². The van der Waals surface area contributed by atoms with Crippen LogP contribution in [0.2, 0.25) is 5.02 Å². The minimum absolute atomic E-state index is 0.0649. The Morgan fingerprint density at radius 2 is 1.92 bits per heavy atom. The van der Waals surface area contributed by atoms with Gasteiger partial charge in [-0.25, -0.2) is 4.98 Å². The molecule has 1 aromatic carbocycles. The van der Waals surface area contributed by atoms with Crippen LogP contribution in [0.25, 0.3) is 0 Å². The molecule has 0 aliphatic carbocycles. The summed E-state index contributed by atoms with van der Waals surface area (Å²) < 4.78 is 5.93. The number of carbonyl (C=O) groups is 2. The van der Waals surface area contributed by atoms with Crippen molar-refractivity contribution in [3.8, 4) is 5.75 Å². The maximum absolute atomic E-state index is 12.5. The number of likely N-dealkylation sites (tertiary alicyclic amines) is 1. The van der Waals surface area contributed by atoms with Gasteiger partial charge in [0.2, 0.25) is 0 Å². The molecule has 0 saturated carbocycles. The fourth-order valence-electron chi connectivity index (χ4n) is 2.57. The number of thiazole rings is 1. The first-order valence-electron chi connectivity index (χ1n) is 7.71. The van der Waals surface area contributed by atoms with Gasteiger partial charge in [0.1, 0.15) is 16.7 Å². The minimum Gasteiger partial charge on any atom is -0.490 e. The molecule has 0 atom stereocenters. The number of hydrogen-bond donors (Lipinski definition) is 0. The lowest BCUT2D eigenvalue weighted by Gasteiger charge is -2.31. The highest BCUT2D eigenvalue weighted by Gasteiger charge is 2.26. The van der Waals surface area contributed by atoms with Crippen LogP contribution in [0.15, 0.2) is 30.5 Å². The van der Waals surface area contributed by atoms with Crippen LogP contribution in [-0.4, -0.2) is 40.8 Å².